The van der Waals surface area contributed by atoms with Gasteiger partial charge in [-0.25, -0.2) is 0 Å². The molecule has 232 valence electrons. The van der Waals surface area contributed by atoms with Gasteiger partial charge in [-0.05, 0) is 80.5 Å². The molecule has 4 aliphatic carbocycles. The van der Waals surface area contributed by atoms with Crippen molar-refractivity contribution < 1.29 is 39.4 Å². The van der Waals surface area contributed by atoms with Gasteiger partial charge in [0.15, 0.2) is 12.1 Å². The van der Waals surface area contributed by atoms with E-state index in [-0.39, 0.29) is 23.0 Å². The zero-order valence-corrected chi connectivity index (χ0v) is 25.4. The first-order valence-corrected chi connectivity index (χ1v) is 16.4. The summed E-state index contributed by atoms with van der Waals surface area (Å²) in [6.45, 7) is 11.9. The van der Waals surface area contributed by atoms with Gasteiger partial charge in [-0.1, -0.05) is 39.3 Å². The lowest BCUT2D eigenvalue weighted by molar-refractivity contribution is -0.308. The highest BCUT2D eigenvalue weighted by molar-refractivity contribution is 5.28. The Bertz CT molecular complexity index is 1040. The predicted molar refractivity (Wildman–Crippen MR) is 150 cm³/mol. The monoisotopic (exact) mass is 576 g/mol. The average molecular weight is 577 g/mol. The molecule has 17 atom stereocenters. The maximum atomic E-state index is 11.8. The van der Waals surface area contributed by atoms with Crippen molar-refractivity contribution in [3.8, 4) is 0 Å². The molecule has 3 heterocycles. The molecule has 41 heavy (non-hydrogen) atoms. The van der Waals surface area contributed by atoms with Crippen molar-refractivity contribution in [2.24, 2.45) is 46.3 Å². The summed E-state index contributed by atoms with van der Waals surface area (Å²) >= 11 is 0. The minimum atomic E-state index is -1.33. The Morgan fingerprint density at radius 1 is 0.927 bits per heavy atom. The number of ether oxygens (including phenoxy) is 4. The van der Waals surface area contributed by atoms with Crippen LogP contribution in [0.1, 0.15) is 86.0 Å². The van der Waals surface area contributed by atoms with E-state index in [1.54, 1.807) is 6.92 Å². The average Bonchev–Trinajstić information content (AvgIpc) is 3.38. The van der Waals surface area contributed by atoms with Crippen LogP contribution in [0.25, 0.3) is 0 Å². The van der Waals surface area contributed by atoms with Crippen molar-refractivity contribution in [3.63, 3.8) is 0 Å². The first-order valence-electron chi connectivity index (χ1n) is 16.4. The summed E-state index contributed by atoms with van der Waals surface area (Å²) < 4.78 is 25.3. The first kappa shape index (κ1) is 29.1. The number of fused-ring (bicyclic) bond motifs is 7. The number of rotatable bonds is 2. The zero-order valence-electron chi connectivity index (χ0n) is 25.4. The zero-order chi connectivity index (χ0) is 29.1. The normalized spacial score (nSPS) is 60.2. The van der Waals surface area contributed by atoms with E-state index in [2.05, 4.69) is 33.8 Å². The van der Waals surface area contributed by atoms with E-state index in [0.717, 1.165) is 38.7 Å². The van der Waals surface area contributed by atoms with Gasteiger partial charge in [0.1, 0.15) is 18.3 Å². The van der Waals surface area contributed by atoms with Crippen molar-refractivity contribution in [1.82, 2.24) is 0 Å². The van der Waals surface area contributed by atoms with Crippen LogP contribution in [0.3, 0.4) is 0 Å². The van der Waals surface area contributed by atoms with Gasteiger partial charge in [0.25, 0.3) is 0 Å². The van der Waals surface area contributed by atoms with Crippen LogP contribution in [0.2, 0.25) is 0 Å². The fourth-order valence-corrected chi connectivity index (χ4v) is 11.1. The highest BCUT2D eigenvalue weighted by atomic mass is 16.7. The Morgan fingerprint density at radius 3 is 2.44 bits per heavy atom. The number of aliphatic hydroxyl groups is 4. The minimum absolute atomic E-state index is 0.227. The Morgan fingerprint density at radius 2 is 1.71 bits per heavy atom. The third-order valence-electron chi connectivity index (χ3n) is 13.6. The van der Waals surface area contributed by atoms with Crippen LogP contribution in [-0.4, -0.2) is 81.8 Å². The smallest absolute Gasteiger partial charge is 0.186 e. The largest absolute Gasteiger partial charge is 0.392 e. The van der Waals surface area contributed by atoms with E-state index in [0.29, 0.717) is 48.3 Å². The van der Waals surface area contributed by atoms with E-state index in [4.69, 9.17) is 18.9 Å². The maximum absolute atomic E-state index is 11.8. The molecule has 0 aromatic rings. The second-order valence-electron chi connectivity index (χ2n) is 15.5. The number of allylic oxidation sites excluding steroid dienone is 1. The summed E-state index contributed by atoms with van der Waals surface area (Å²) in [6, 6.07) is 0. The predicted octanol–water partition coefficient (Wildman–Crippen LogP) is 3.54. The molecule has 0 bridgehead atoms. The molecular weight excluding hydrogens is 524 g/mol. The van der Waals surface area contributed by atoms with E-state index in [9.17, 15) is 20.4 Å². The Labute approximate surface area is 244 Å². The molecular formula is C33H52O8. The van der Waals surface area contributed by atoms with Gasteiger partial charge in [-0.3, -0.25) is 0 Å². The molecule has 1 spiro atoms. The second kappa shape index (κ2) is 9.96. The van der Waals surface area contributed by atoms with Crippen LogP contribution in [0.5, 0.6) is 0 Å². The second-order valence-corrected chi connectivity index (χ2v) is 15.5. The third-order valence-corrected chi connectivity index (χ3v) is 13.6. The van der Waals surface area contributed by atoms with Crippen LogP contribution < -0.4 is 0 Å². The minimum Gasteiger partial charge on any atom is -0.392 e. The highest BCUT2D eigenvalue weighted by Gasteiger charge is 2.69. The molecule has 0 radical (unpaired) electrons. The Kier molecular flexibility index (Phi) is 7.08. The number of aliphatic hydroxyl groups excluding tert-OH is 4. The lowest BCUT2D eigenvalue weighted by Crippen LogP contribution is -2.59. The van der Waals surface area contributed by atoms with E-state index in [1.165, 1.54) is 12.0 Å². The van der Waals surface area contributed by atoms with Crippen molar-refractivity contribution in [2.75, 3.05) is 6.61 Å². The molecule has 6 fully saturated rings. The molecule has 7 rings (SSSR count). The van der Waals surface area contributed by atoms with Gasteiger partial charge in [0.05, 0.1) is 31.0 Å². The van der Waals surface area contributed by atoms with Gasteiger partial charge in [0, 0.05) is 24.2 Å². The summed E-state index contributed by atoms with van der Waals surface area (Å²) in [6.07, 6.45) is 3.99. The fourth-order valence-electron chi connectivity index (χ4n) is 11.1. The standard InChI is InChI=1S/C33H52O8/c1-16-8-11-33(38-15-16)17(2)26-24(41-33)14-23-21-7-6-19-12-20(40-30-29(37)28(36)27(35)18(3)39-30)13-25(34)32(19,5)22(21)9-10-31(23,26)4/h6,16-18,20-30,34-37H,7-15H2,1-5H3. The SMILES string of the molecule is CC1CCC2(OC1)OC1CC3C4CC=C5CC(OC6OC(C)C(O)C(O)C6O)CC(O)C5(C)C4CCC3(C)C1C2C. The Balaban J connectivity index is 1.08. The third kappa shape index (κ3) is 4.14. The lowest BCUT2D eigenvalue weighted by atomic mass is 9.46. The molecule has 8 nitrogen and oxygen atoms in total. The topological polar surface area (TPSA) is 118 Å². The van der Waals surface area contributed by atoms with Crippen molar-refractivity contribution in [1.29, 1.82) is 0 Å². The lowest BCUT2D eigenvalue weighted by Gasteiger charge is -2.60. The van der Waals surface area contributed by atoms with Crippen LogP contribution in [0.15, 0.2) is 11.6 Å². The van der Waals surface area contributed by atoms with Gasteiger partial charge >= 0.3 is 0 Å². The van der Waals surface area contributed by atoms with Crippen LogP contribution in [-0.2, 0) is 18.9 Å². The molecule has 4 N–H and O–H groups in total. The van der Waals surface area contributed by atoms with Gasteiger partial charge in [0.2, 0.25) is 0 Å². The molecule has 3 saturated carbocycles. The maximum Gasteiger partial charge on any atom is 0.186 e. The summed E-state index contributed by atoms with van der Waals surface area (Å²) in [4.78, 5) is 0. The summed E-state index contributed by atoms with van der Waals surface area (Å²) in [5.74, 6) is 2.65. The number of hydrogen-bond donors (Lipinski definition) is 4. The van der Waals surface area contributed by atoms with E-state index < -0.39 is 42.6 Å². The van der Waals surface area contributed by atoms with Crippen LogP contribution >= 0.6 is 0 Å². The first-order chi connectivity index (χ1) is 19.4. The van der Waals surface area contributed by atoms with Crippen molar-refractivity contribution in [3.05, 3.63) is 11.6 Å². The van der Waals surface area contributed by atoms with Crippen molar-refractivity contribution in [2.45, 2.75) is 141 Å². The van der Waals surface area contributed by atoms with Crippen molar-refractivity contribution >= 4 is 0 Å². The molecule has 0 aromatic heterocycles. The molecule has 0 amide bonds. The van der Waals surface area contributed by atoms with E-state index >= 15 is 0 Å². The van der Waals surface area contributed by atoms with Gasteiger partial charge in [-0.2, -0.15) is 0 Å². The molecule has 3 aliphatic heterocycles. The van der Waals surface area contributed by atoms with Gasteiger partial charge < -0.3 is 39.4 Å². The summed E-state index contributed by atoms with van der Waals surface area (Å²) in [5, 5.41) is 42.5. The molecule has 17 unspecified atom stereocenters. The van der Waals surface area contributed by atoms with E-state index in [1.807, 2.05) is 0 Å². The summed E-state index contributed by atoms with van der Waals surface area (Å²) in [5.41, 5.74) is 1.19. The molecule has 0 aromatic carbocycles. The van der Waals surface area contributed by atoms with Gasteiger partial charge in [-0.15, -0.1) is 0 Å². The Hall–Kier alpha value is -0.580. The van der Waals surface area contributed by atoms with Crippen LogP contribution in [0, 0.1) is 46.3 Å². The van der Waals surface area contributed by atoms with Crippen LogP contribution in [0.4, 0.5) is 0 Å². The molecule has 8 heteroatoms. The number of hydrogen-bond acceptors (Lipinski definition) is 8. The quantitative estimate of drug-likeness (QED) is 0.369. The fraction of sp³-hybridized carbons (Fsp3) is 0.939. The molecule has 3 saturated heterocycles. The highest BCUT2D eigenvalue weighted by Crippen LogP contribution is 2.70. The summed E-state index contributed by atoms with van der Waals surface area (Å²) in [7, 11) is 0. The molecule has 7 aliphatic rings.